The molecule has 7 heteroatoms. The van der Waals surface area contributed by atoms with Crippen molar-refractivity contribution in [2.45, 2.75) is 23.1 Å². The summed E-state index contributed by atoms with van der Waals surface area (Å²) in [5.41, 5.74) is 0. The fraction of sp³-hybridized carbons (Fsp3) is 0.444. The summed E-state index contributed by atoms with van der Waals surface area (Å²) in [4.78, 5) is 0.263. The fourth-order valence-electron chi connectivity index (χ4n) is 3.43. The van der Waals surface area contributed by atoms with Gasteiger partial charge in [0.05, 0.1) is 23.6 Å². The van der Waals surface area contributed by atoms with Gasteiger partial charge in [-0.2, -0.15) is 4.31 Å². The Hall–Kier alpha value is -1.51. The van der Waals surface area contributed by atoms with Gasteiger partial charge in [-0.1, -0.05) is 30.3 Å². The minimum atomic E-state index is -3.69. The van der Waals surface area contributed by atoms with Crippen LogP contribution in [0, 0.1) is 0 Å². The quantitative estimate of drug-likeness (QED) is 0.782. The van der Waals surface area contributed by atoms with Gasteiger partial charge in [0.15, 0.2) is 0 Å². The monoisotopic (exact) mass is 365 g/mol. The highest BCUT2D eigenvalue weighted by molar-refractivity contribution is 7.89. The molecule has 1 aliphatic rings. The van der Waals surface area contributed by atoms with Crippen LogP contribution in [0.3, 0.4) is 0 Å². The Bertz CT molecular complexity index is 838. The second-order valence-corrected chi connectivity index (χ2v) is 7.97. The van der Waals surface area contributed by atoms with E-state index < -0.39 is 16.1 Å². The molecule has 0 saturated carbocycles. The number of rotatable bonds is 6. The lowest BCUT2D eigenvalue weighted by molar-refractivity contribution is -0.0294. The third kappa shape index (κ3) is 3.30. The first-order valence-corrected chi connectivity index (χ1v) is 9.52. The number of fused-ring (bicyclic) bond motifs is 1. The van der Waals surface area contributed by atoms with E-state index in [1.807, 2.05) is 30.3 Å². The van der Waals surface area contributed by atoms with E-state index in [-0.39, 0.29) is 30.3 Å². The summed E-state index contributed by atoms with van der Waals surface area (Å²) in [5, 5.41) is 1.89. The van der Waals surface area contributed by atoms with Gasteiger partial charge in [-0.05, 0) is 22.9 Å². The molecule has 0 bridgehead atoms. The standard InChI is InChI=1S/C18H23NO5S/c1-22-12-16-18(24-3)17(23-2)11-19(16)25(20,21)15-9-8-13-6-4-5-7-14(13)10-15/h4-10,16-18H,11-12H2,1-3H3/t16-,17+,18-/m1/s1. The predicted molar refractivity (Wildman–Crippen MR) is 95.1 cm³/mol. The summed E-state index contributed by atoms with van der Waals surface area (Å²) in [6.45, 7) is 0.476. The molecule has 0 radical (unpaired) electrons. The molecule has 1 aliphatic heterocycles. The van der Waals surface area contributed by atoms with Crippen LogP contribution in [0.15, 0.2) is 47.4 Å². The Morgan fingerprint density at radius 1 is 1.04 bits per heavy atom. The average Bonchev–Trinajstić information content (AvgIpc) is 3.00. The fourth-order valence-corrected chi connectivity index (χ4v) is 5.10. The van der Waals surface area contributed by atoms with Crippen LogP contribution in [0.1, 0.15) is 0 Å². The lowest BCUT2D eigenvalue weighted by Crippen LogP contribution is -2.43. The number of nitrogens with zero attached hydrogens (tertiary/aromatic N) is 1. The first kappa shape index (κ1) is 18.3. The summed E-state index contributed by atoms with van der Waals surface area (Å²) >= 11 is 0. The minimum Gasteiger partial charge on any atom is -0.383 e. The van der Waals surface area contributed by atoms with E-state index in [1.165, 1.54) is 4.31 Å². The third-order valence-electron chi connectivity index (χ3n) is 4.72. The van der Waals surface area contributed by atoms with Crippen LogP contribution in [0.2, 0.25) is 0 Å². The molecule has 25 heavy (non-hydrogen) atoms. The highest BCUT2D eigenvalue weighted by Crippen LogP contribution is 2.31. The second-order valence-electron chi connectivity index (χ2n) is 6.08. The van der Waals surface area contributed by atoms with Crippen molar-refractivity contribution in [2.75, 3.05) is 34.5 Å². The van der Waals surface area contributed by atoms with Crippen molar-refractivity contribution in [1.29, 1.82) is 0 Å². The molecule has 0 spiro atoms. The maximum absolute atomic E-state index is 13.2. The van der Waals surface area contributed by atoms with Gasteiger partial charge in [-0.3, -0.25) is 0 Å². The number of hydrogen-bond acceptors (Lipinski definition) is 5. The van der Waals surface area contributed by atoms with Gasteiger partial charge >= 0.3 is 0 Å². The zero-order chi connectivity index (χ0) is 18.0. The van der Waals surface area contributed by atoms with E-state index in [1.54, 1.807) is 33.5 Å². The highest BCUT2D eigenvalue weighted by Gasteiger charge is 2.48. The van der Waals surface area contributed by atoms with Gasteiger partial charge in [-0.15, -0.1) is 0 Å². The van der Waals surface area contributed by atoms with Crippen molar-refractivity contribution in [1.82, 2.24) is 4.31 Å². The van der Waals surface area contributed by atoms with Crippen molar-refractivity contribution in [3.8, 4) is 0 Å². The van der Waals surface area contributed by atoms with Crippen molar-refractivity contribution in [3.63, 3.8) is 0 Å². The van der Waals surface area contributed by atoms with Crippen LogP contribution >= 0.6 is 0 Å². The van der Waals surface area contributed by atoms with Crippen LogP contribution < -0.4 is 0 Å². The summed E-state index contributed by atoms with van der Waals surface area (Å²) in [6.07, 6.45) is -0.708. The van der Waals surface area contributed by atoms with E-state index in [0.717, 1.165) is 10.8 Å². The largest absolute Gasteiger partial charge is 0.383 e. The number of methoxy groups -OCH3 is 3. The van der Waals surface area contributed by atoms with Crippen LogP contribution in [0.4, 0.5) is 0 Å². The first-order chi connectivity index (χ1) is 12.0. The van der Waals surface area contributed by atoms with Gasteiger partial charge in [0.1, 0.15) is 6.10 Å². The Kier molecular flexibility index (Phi) is 5.41. The lowest BCUT2D eigenvalue weighted by atomic mass is 10.1. The Morgan fingerprint density at radius 2 is 1.76 bits per heavy atom. The average molecular weight is 365 g/mol. The smallest absolute Gasteiger partial charge is 0.243 e. The molecule has 0 amide bonds. The predicted octanol–water partition coefficient (Wildman–Crippen LogP) is 1.89. The number of hydrogen-bond donors (Lipinski definition) is 0. The molecular weight excluding hydrogens is 342 g/mol. The lowest BCUT2D eigenvalue weighted by Gasteiger charge is -2.26. The molecule has 6 nitrogen and oxygen atoms in total. The zero-order valence-electron chi connectivity index (χ0n) is 14.6. The third-order valence-corrected chi connectivity index (χ3v) is 6.60. The highest BCUT2D eigenvalue weighted by atomic mass is 32.2. The van der Waals surface area contributed by atoms with Crippen LogP contribution in [0.25, 0.3) is 10.8 Å². The maximum Gasteiger partial charge on any atom is 0.243 e. The Labute approximate surface area is 148 Å². The number of ether oxygens (including phenoxy) is 3. The Morgan fingerprint density at radius 3 is 2.40 bits per heavy atom. The molecule has 3 atom stereocenters. The van der Waals surface area contributed by atoms with Gasteiger partial charge in [-0.25, -0.2) is 8.42 Å². The Balaban J connectivity index is 2.01. The van der Waals surface area contributed by atoms with Crippen LogP contribution in [-0.4, -0.2) is 65.5 Å². The van der Waals surface area contributed by atoms with E-state index in [0.29, 0.717) is 0 Å². The molecule has 3 rings (SSSR count). The maximum atomic E-state index is 13.2. The summed E-state index contributed by atoms with van der Waals surface area (Å²) in [5.74, 6) is 0. The van der Waals surface area contributed by atoms with Crippen molar-refractivity contribution < 1.29 is 22.6 Å². The number of benzene rings is 2. The molecule has 0 N–H and O–H groups in total. The van der Waals surface area contributed by atoms with E-state index in [2.05, 4.69) is 0 Å². The molecule has 1 fully saturated rings. The molecule has 0 aromatic heterocycles. The van der Waals surface area contributed by atoms with Gasteiger partial charge in [0, 0.05) is 27.9 Å². The normalized spacial score (nSPS) is 24.8. The van der Waals surface area contributed by atoms with Gasteiger partial charge in [0.25, 0.3) is 0 Å². The summed E-state index contributed by atoms with van der Waals surface area (Å²) in [6, 6.07) is 12.4. The van der Waals surface area contributed by atoms with Gasteiger partial charge in [0.2, 0.25) is 10.0 Å². The summed E-state index contributed by atoms with van der Waals surface area (Å²) < 4.78 is 44.1. The molecule has 136 valence electrons. The molecule has 1 saturated heterocycles. The van der Waals surface area contributed by atoms with Crippen molar-refractivity contribution >= 4 is 20.8 Å². The SMILES string of the molecule is COC[C@@H]1[C@@H](OC)[C@@H](OC)CN1S(=O)(=O)c1ccc2ccccc2c1. The molecule has 1 heterocycles. The van der Waals surface area contributed by atoms with E-state index in [4.69, 9.17) is 14.2 Å². The molecule has 0 unspecified atom stereocenters. The first-order valence-electron chi connectivity index (χ1n) is 8.08. The second kappa shape index (κ2) is 7.39. The van der Waals surface area contributed by atoms with Crippen molar-refractivity contribution in [3.05, 3.63) is 42.5 Å². The molecule has 2 aromatic rings. The van der Waals surface area contributed by atoms with E-state index in [9.17, 15) is 8.42 Å². The summed E-state index contributed by atoms with van der Waals surface area (Å²) in [7, 11) is 0.978. The van der Waals surface area contributed by atoms with Gasteiger partial charge < -0.3 is 14.2 Å². The number of sulfonamides is 1. The molecule has 2 aromatic carbocycles. The topological polar surface area (TPSA) is 65.1 Å². The van der Waals surface area contributed by atoms with Crippen molar-refractivity contribution in [2.24, 2.45) is 0 Å². The van der Waals surface area contributed by atoms with E-state index >= 15 is 0 Å². The van der Waals surface area contributed by atoms with Crippen LogP contribution in [0.5, 0.6) is 0 Å². The molecule has 0 aliphatic carbocycles. The molecular formula is C18H23NO5S. The van der Waals surface area contributed by atoms with Crippen LogP contribution in [-0.2, 0) is 24.2 Å². The minimum absolute atomic E-state index is 0.234. The zero-order valence-corrected chi connectivity index (χ0v) is 15.4.